The fraction of sp³-hybridized carbons (Fsp3) is 0.167. The van der Waals surface area contributed by atoms with Crippen molar-refractivity contribution >= 4 is 28.4 Å². The molecule has 0 saturated heterocycles. The zero-order chi connectivity index (χ0) is 24.2. The third-order valence-corrected chi connectivity index (χ3v) is 5.42. The Bertz CT molecular complexity index is 1370. The van der Waals surface area contributed by atoms with Crippen molar-refractivity contribution in [3.63, 3.8) is 0 Å². The van der Waals surface area contributed by atoms with Gasteiger partial charge in [-0.25, -0.2) is 18.7 Å². The van der Waals surface area contributed by atoms with Crippen LogP contribution in [0.3, 0.4) is 0 Å². The Balaban J connectivity index is 1.52. The number of hydrogen-bond donors (Lipinski definition) is 3. The topological polar surface area (TPSA) is 115 Å². The maximum atomic E-state index is 13.7. The Morgan fingerprint density at radius 2 is 1.88 bits per heavy atom. The predicted molar refractivity (Wildman–Crippen MR) is 123 cm³/mol. The van der Waals surface area contributed by atoms with Gasteiger partial charge in [-0.2, -0.15) is 0 Å². The molecule has 2 heterocycles. The molecule has 2 amide bonds. The van der Waals surface area contributed by atoms with Gasteiger partial charge in [0, 0.05) is 31.6 Å². The Morgan fingerprint density at radius 3 is 2.62 bits per heavy atom. The van der Waals surface area contributed by atoms with Gasteiger partial charge in [0.2, 0.25) is 5.91 Å². The molecule has 174 valence electrons. The summed E-state index contributed by atoms with van der Waals surface area (Å²) >= 11 is 0. The summed E-state index contributed by atoms with van der Waals surface area (Å²) in [6.07, 6.45) is 4.40. The van der Waals surface area contributed by atoms with E-state index in [9.17, 15) is 18.4 Å². The van der Waals surface area contributed by atoms with Crippen molar-refractivity contribution in [1.29, 1.82) is 0 Å². The molecule has 4 N–H and O–H groups in total. The van der Waals surface area contributed by atoms with Crippen LogP contribution in [0.25, 0.3) is 10.8 Å². The van der Waals surface area contributed by atoms with Gasteiger partial charge in [0.1, 0.15) is 17.6 Å². The van der Waals surface area contributed by atoms with Crippen LogP contribution in [-0.4, -0.2) is 32.4 Å². The molecule has 4 rings (SSSR count). The lowest BCUT2D eigenvalue weighted by Gasteiger charge is -2.19. The highest BCUT2D eigenvalue weighted by molar-refractivity contribution is 5.96. The molecule has 0 aliphatic carbocycles. The number of benzene rings is 2. The van der Waals surface area contributed by atoms with E-state index in [1.165, 1.54) is 23.2 Å². The van der Waals surface area contributed by atoms with Gasteiger partial charge in [-0.15, -0.1) is 0 Å². The number of hydrogen-bond acceptors (Lipinski definition) is 5. The van der Waals surface area contributed by atoms with Crippen molar-refractivity contribution in [2.75, 3.05) is 5.73 Å². The number of fused-ring (bicyclic) bond motifs is 1. The number of imidazole rings is 1. The lowest BCUT2D eigenvalue weighted by molar-refractivity contribution is -0.123. The van der Waals surface area contributed by atoms with Crippen molar-refractivity contribution in [2.45, 2.75) is 19.0 Å². The van der Waals surface area contributed by atoms with E-state index < -0.39 is 29.5 Å². The number of carbonyl (C=O) groups is 2. The van der Waals surface area contributed by atoms with E-state index in [2.05, 4.69) is 20.6 Å². The minimum absolute atomic E-state index is 0.0352. The normalized spacial score (nSPS) is 11.9. The zero-order valence-corrected chi connectivity index (χ0v) is 18.3. The van der Waals surface area contributed by atoms with Crippen molar-refractivity contribution in [3.8, 4) is 0 Å². The number of rotatable bonds is 7. The molecular formula is C24H22F2N6O2. The van der Waals surface area contributed by atoms with Crippen LogP contribution in [0.4, 0.5) is 14.6 Å². The maximum absolute atomic E-state index is 13.7. The second kappa shape index (κ2) is 9.65. The highest BCUT2D eigenvalue weighted by Crippen LogP contribution is 2.20. The number of aromatic nitrogens is 3. The molecule has 0 unspecified atom stereocenters. The van der Waals surface area contributed by atoms with E-state index in [1.54, 1.807) is 13.2 Å². The molecule has 0 aliphatic heterocycles. The number of nitrogens with one attached hydrogen (secondary N) is 2. The summed E-state index contributed by atoms with van der Waals surface area (Å²) < 4.78 is 28.6. The number of anilines is 1. The molecule has 8 nitrogen and oxygen atoms in total. The Morgan fingerprint density at radius 1 is 1.09 bits per heavy atom. The molecule has 0 spiro atoms. The minimum Gasteiger partial charge on any atom is -0.383 e. The monoisotopic (exact) mass is 464 g/mol. The van der Waals surface area contributed by atoms with E-state index in [0.29, 0.717) is 11.4 Å². The van der Waals surface area contributed by atoms with Crippen LogP contribution in [0, 0.1) is 11.6 Å². The first-order valence-electron chi connectivity index (χ1n) is 10.4. The van der Waals surface area contributed by atoms with Crippen LogP contribution >= 0.6 is 0 Å². The second-order valence-corrected chi connectivity index (χ2v) is 7.84. The number of nitrogens with two attached hydrogens (primary N) is 1. The van der Waals surface area contributed by atoms with E-state index in [-0.39, 0.29) is 18.7 Å². The Hall–Kier alpha value is -4.34. The number of nitrogen functional groups attached to an aromatic ring is 1. The molecule has 2 aromatic carbocycles. The summed E-state index contributed by atoms with van der Waals surface area (Å²) in [5.74, 6) is -2.60. The average Bonchev–Trinajstić information content (AvgIpc) is 3.25. The van der Waals surface area contributed by atoms with Crippen LogP contribution in [0.2, 0.25) is 0 Å². The number of aryl methyl sites for hydroxylation is 1. The van der Waals surface area contributed by atoms with E-state index in [1.807, 2.05) is 24.3 Å². The highest BCUT2D eigenvalue weighted by Gasteiger charge is 2.23. The van der Waals surface area contributed by atoms with E-state index >= 15 is 0 Å². The molecule has 2 aromatic heterocycles. The Kier molecular flexibility index (Phi) is 6.48. The third-order valence-electron chi connectivity index (χ3n) is 5.42. The standard InChI is InChI=1S/C24H22F2N6O2/c1-32-13-28-12-21(32)24(34)31-20(10-14-3-5-18(25)19(26)9-14)23(33)30-11-15-2-4-17-16(8-15)6-7-29-22(17)27/h2-9,12-13,20H,10-11H2,1H3,(H2,27,29)(H,30,33)(H,31,34)/t20-/m0/s1. The highest BCUT2D eigenvalue weighted by atomic mass is 19.2. The summed E-state index contributed by atoms with van der Waals surface area (Å²) in [7, 11) is 1.65. The number of amides is 2. The summed E-state index contributed by atoms with van der Waals surface area (Å²) in [6, 6.07) is 9.67. The van der Waals surface area contributed by atoms with Crippen molar-refractivity contribution in [3.05, 3.63) is 89.6 Å². The number of halogens is 2. The van der Waals surface area contributed by atoms with Gasteiger partial charge >= 0.3 is 0 Å². The molecular weight excluding hydrogens is 442 g/mol. The quantitative estimate of drug-likeness (QED) is 0.389. The lowest BCUT2D eigenvalue weighted by Crippen LogP contribution is -2.48. The second-order valence-electron chi connectivity index (χ2n) is 7.84. The van der Waals surface area contributed by atoms with E-state index in [4.69, 9.17) is 5.73 Å². The first-order valence-corrected chi connectivity index (χ1v) is 10.4. The third kappa shape index (κ3) is 5.01. The van der Waals surface area contributed by atoms with Gasteiger partial charge in [-0.1, -0.05) is 18.2 Å². The SMILES string of the molecule is Cn1cncc1C(=O)N[C@@H](Cc1ccc(F)c(F)c1)C(=O)NCc1ccc2c(N)nccc2c1. The molecule has 0 fully saturated rings. The van der Waals surface area contributed by atoms with Crippen LogP contribution in [-0.2, 0) is 24.8 Å². The van der Waals surface area contributed by atoms with Crippen molar-refractivity contribution < 1.29 is 18.4 Å². The number of nitrogens with zero attached hydrogens (tertiary/aromatic N) is 3. The summed E-state index contributed by atoms with van der Waals surface area (Å²) in [5, 5.41) is 7.14. The fourth-order valence-corrected chi connectivity index (χ4v) is 3.59. The lowest BCUT2D eigenvalue weighted by atomic mass is 10.0. The molecule has 0 radical (unpaired) electrons. The van der Waals surface area contributed by atoms with Gasteiger partial charge in [0.15, 0.2) is 11.6 Å². The predicted octanol–water partition coefficient (Wildman–Crippen LogP) is 2.49. The van der Waals surface area contributed by atoms with Gasteiger partial charge in [0.25, 0.3) is 5.91 Å². The van der Waals surface area contributed by atoms with Gasteiger partial charge in [0.05, 0.1) is 12.5 Å². The van der Waals surface area contributed by atoms with Crippen LogP contribution < -0.4 is 16.4 Å². The van der Waals surface area contributed by atoms with Crippen molar-refractivity contribution in [1.82, 2.24) is 25.2 Å². The zero-order valence-electron chi connectivity index (χ0n) is 18.3. The molecule has 10 heteroatoms. The molecule has 4 aromatic rings. The molecule has 1 atom stereocenters. The van der Waals surface area contributed by atoms with Crippen molar-refractivity contribution in [2.24, 2.45) is 7.05 Å². The number of carbonyl (C=O) groups excluding carboxylic acids is 2. The largest absolute Gasteiger partial charge is 0.383 e. The Labute approximate surface area is 193 Å². The minimum atomic E-state index is -1.03. The van der Waals surface area contributed by atoms with Gasteiger partial charge < -0.3 is 20.9 Å². The first kappa shape index (κ1) is 22.8. The van der Waals surface area contributed by atoms with Gasteiger partial charge in [-0.05, 0) is 40.8 Å². The average molecular weight is 464 g/mol. The van der Waals surface area contributed by atoms with Gasteiger partial charge in [-0.3, -0.25) is 9.59 Å². The summed E-state index contributed by atoms with van der Waals surface area (Å²) in [4.78, 5) is 33.7. The molecule has 34 heavy (non-hydrogen) atoms. The molecule has 0 bridgehead atoms. The molecule has 0 aliphatic rings. The van der Waals surface area contributed by atoms with E-state index in [0.717, 1.165) is 28.5 Å². The summed E-state index contributed by atoms with van der Waals surface area (Å²) in [6.45, 7) is 0.187. The summed E-state index contributed by atoms with van der Waals surface area (Å²) in [5.41, 5.74) is 7.31. The first-order chi connectivity index (χ1) is 16.3. The number of pyridine rings is 1. The fourth-order valence-electron chi connectivity index (χ4n) is 3.59. The molecule has 0 saturated carbocycles. The van der Waals surface area contributed by atoms with Crippen LogP contribution in [0.5, 0.6) is 0 Å². The maximum Gasteiger partial charge on any atom is 0.270 e. The smallest absolute Gasteiger partial charge is 0.270 e. The van der Waals surface area contributed by atoms with Crippen LogP contribution in [0.15, 0.2) is 61.2 Å². The van der Waals surface area contributed by atoms with Crippen LogP contribution in [0.1, 0.15) is 21.6 Å².